The van der Waals surface area contributed by atoms with Gasteiger partial charge in [-0.25, -0.2) is 4.39 Å². The minimum atomic E-state index is -0.386. The molecule has 0 radical (unpaired) electrons. The lowest BCUT2D eigenvalue weighted by Gasteiger charge is -2.10. The van der Waals surface area contributed by atoms with Crippen LogP contribution in [-0.4, -0.2) is 31.0 Å². The quantitative estimate of drug-likeness (QED) is 0.643. The molecule has 18 heavy (non-hydrogen) atoms. The fourth-order valence-corrected chi connectivity index (χ4v) is 1.30. The van der Waals surface area contributed by atoms with Crippen LogP contribution in [0.1, 0.15) is 19.4 Å². The van der Waals surface area contributed by atoms with E-state index in [0.717, 1.165) is 0 Å². The predicted octanol–water partition coefficient (Wildman–Crippen LogP) is 1.97. The second kappa shape index (κ2) is 7.70. The molecular formula is C14H17FO3. The van der Waals surface area contributed by atoms with Crippen LogP contribution in [0.15, 0.2) is 18.2 Å². The lowest BCUT2D eigenvalue weighted by molar-refractivity contribution is 0.0552. The molecule has 1 aromatic carbocycles. The van der Waals surface area contributed by atoms with E-state index < -0.39 is 0 Å². The van der Waals surface area contributed by atoms with Gasteiger partial charge in [-0.3, -0.25) is 0 Å². The van der Waals surface area contributed by atoms with Gasteiger partial charge < -0.3 is 14.6 Å². The highest BCUT2D eigenvalue weighted by Gasteiger charge is 2.03. The highest BCUT2D eigenvalue weighted by atomic mass is 19.1. The van der Waals surface area contributed by atoms with Crippen LogP contribution in [0.4, 0.5) is 4.39 Å². The average molecular weight is 252 g/mol. The maximum atomic E-state index is 13.1. The summed E-state index contributed by atoms with van der Waals surface area (Å²) in [6.45, 7) is 4.44. The number of halogens is 1. The van der Waals surface area contributed by atoms with Gasteiger partial charge in [0.2, 0.25) is 0 Å². The fourth-order valence-electron chi connectivity index (χ4n) is 1.30. The Labute approximate surface area is 107 Å². The summed E-state index contributed by atoms with van der Waals surface area (Å²) in [4.78, 5) is 0. The molecule has 3 nitrogen and oxygen atoms in total. The van der Waals surface area contributed by atoms with Crippen LogP contribution in [0, 0.1) is 17.7 Å². The smallest absolute Gasteiger partial charge is 0.135 e. The summed E-state index contributed by atoms with van der Waals surface area (Å²) in [6.07, 6.45) is 0.149. The first kappa shape index (κ1) is 14.5. The van der Waals surface area contributed by atoms with Crippen molar-refractivity contribution in [3.05, 3.63) is 29.6 Å². The molecule has 0 amide bonds. The van der Waals surface area contributed by atoms with Gasteiger partial charge in [0.1, 0.15) is 24.8 Å². The van der Waals surface area contributed by atoms with Crippen LogP contribution in [0.25, 0.3) is 0 Å². The maximum absolute atomic E-state index is 13.1. The first-order valence-electron chi connectivity index (χ1n) is 5.77. The van der Waals surface area contributed by atoms with Gasteiger partial charge in [0.15, 0.2) is 0 Å². The van der Waals surface area contributed by atoms with Gasteiger partial charge in [0, 0.05) is 0 Å². The molecule has 0 spiro atoms. The lowest BCUT2D eigenvalue weighted by Crippen LogP contribution is -2.11. The first-order valence-corrected chi connectivity index (χ1v) is 5.77. The van der Waals surface area contributed by atoms with Crippen LogP contribution in [0.2, 0.25) is 0 Å². The van der Waals surface area contributed by atoms with Gasteiger partial charge in [0.25, 0.3) is 0 Å². The van der Waals surface area contributed by atoms with Gasteiger partial charge in [0.05, 0.1) is 18.3 Å². The Hall–Kier alpha value is -1.57. The molecule has 0 aromatic heterocycles. The van der Waals surface area contributed by atoms with Crippen molar-refractivity contribution < 1.29 is 19.0 Å². The number of rotatable bonds is 5. The van der Waals surface area contributed by atoms with Crippen LogP contribution in [0.5, 0.6) is 5.75 Å². The molecular weight excluding hydrogens is 235 g/mol. The SMILES string of the molecule is CC(C)OCCOc1ccc(F)cc1C#CCO. The van der Waals surface area contributed by atoms with Gasteiger partial charge in [-0.1, -0.05) is 11.8 Å². The summed E-state index contributed by atoms with van der Waals surface area (Å²) in [6, 6.07) is 4.11. The Morgan fingerprint density at radius 3 is 2.78 bits per heavy atom. The molecule has 1 N–H and O–H groups in total. The Morgan fingerprint density at radius 1 is 1.33 bits per heavy atom. The van der Waals surface area contributed by atoms with Gasteiger partial charge in [-0.15, -0.1) is 0 Å². The maximum Gasteiger partial charge on any atom is 0.135 e. The van der Waals surface area contributed by atoms with E-state index in [9.17, 15) is 4.39 Å². The van der Waals surface area contributed by atoms with E-state index in [1.807, 2.05) is 13.8 Å². The molecule has 0 saturated carbocycles. The van der Waals surface area contributed by atoms with Gasteiger partial charge >= 0.3 is 0 Å². The normalized spacial score (nSPS) is 10.1. The summed E-state index contributed by atoms with van der Waals surface area (Å²) in [5.41, 5.74) is 0.425. The number of benzene rings is 1. The highest BCUT2D eigenvalue weighted by Crippen LogP contribution is 2.18. The minimum absolute atomic E-state index is 0.149. The number of aliphatic hydroxyl groups excluding tert-OH is 1. The van der Waals surface area contributed by atoms with Crippen molar-refractivity contribution in [2.45, 2.75) is 20.0 Å². The number of ether oxygens (including phenoxy) is 2. The standard InChI is InChI=1S/C14H17FO3/c1-11(2)17-8-9-18-14-6-5-13(15)10-12(14)4-3-7-16/h5-6,10-11,16H,7-9H2,1-2H3. The fraction of sp³-hybridized carbons (Fsp3) is 0.429. The summed E-state index contributed by atoms with van der Waals surface area (Å²) < 4.78 is 23.9. The van der Waals surface area contributed by atoms with Crippen LogP contribution < -0.4 is 4.74 Å². The van der Waals surface area contributed by atoms with Gasteiger partial charge in [-0.05, 0) is 32.0 Å². The van der Waals surface area contributed by atoms with Crippen LogP contribution in [0.3, 0.4) is 0 Å². The summed E-state index contributed by atoms with van der Waals surface area (Å²) in [7, 11) is 0. The monoisotopic (exact) mass is 252 g/mol. The van der Waals surface area contributed by atoms with Crippen molar-refractivity contribution in [1.82, 2.24) is 0 Å². The third-order valence-corrected chi connectivity index (χ3v) is 2.04. The van der Waals surface area contributed by atoms with E-state index in [2.05, 4.69) is 11.8 Å². The lowest BCUT2D eigenvalue weighted by atomic mass is 10.2. The zero-order valence-electron chi connectivity index (χ0n) is 10.6. The number of aliphatic hydroxyl groups is 1. The molecule has 0 unspecified atom stereocenters. The Balaban J connectivity index is 2.63. The predicted molar refractivity (Wildman–Crippen MR) is 66.9 cm³/mol. The molecule has 1 rings (SSSR count). The first-order chi connectivity index (χ1) is 8.63. The third kappa shape index (κ3) is 5.17. The van der Waals surface area contributed by atoms with E-state index >= 15 is 0 Å². The van der Waals surface area contributed by atoms with Crippen molar-refractivity contribution in [2.75, 3.05) is 19.8 Å². The van der Waals surface area contributed by atoms with E-state index in [1.165, 1.54) is 18.2 Å². The Morgan fingerprint density at radius 2 is 2.11 bits per heavy atom. The molecule has 0 bridgehead atoms. The van der Waals surface area contributed by atoms with E-state index in [-0.39, 0.29) is 18.5 Å². The Bertz CT molecular complexity index is 432. The molecule has 4 heteroatoms. The molecule has 98 valence electrons. The van der Waals surface area contributed by atoms with Crippen molar-refractivity contribution in [3.8, 4) is 17.6 Å². The topological polar surface area (TPSA) is 38.7 Å². The number of hydrogen-bond acceptors (Lipinski definition) is 3. The minimum Gasteiger partial charge on any atom is -0.490 e. The summed E-state index contributed by atoms with van der Waals surface area (Å²) in [5, 5.41) is 8.63. The van der Waals surface area contributed by atoms with Crippen molar-refractivity contribution >= 4 is 0 Å². The average Bonchev–Trinajstić information content (AvgIpc) is 2.33. The van der Waals surface area contributed by atoms with E-state index in [0.29, 0.717) is 24.5 Å². The molecule has 1 aromatic rings. The molecule has 0 fully saturated rings. The second-order valence-corrected chi connectivity index (χ2v) is 3.87. The van der Waals surface area contributed by atoms with Crippen LogP contribution in [-0.2, 0) is 4.74 Å². The zero-order chi connectivity index (χ0) is 13.4. The van der Waals surface area contributed by atoms with E-state index in [4.69, 9.17) is 14.6 Å². The summed E-state index contributed by atoms with van der Waals surface area (Å²) in [5.74, 6) is 5.22. The molecule has 0 aliphatic rings. The van der Waals surface area contributed by atoms with Crippen LogP contribution >= 0.6 is 0 Å². The largest absolute Gasteiger partial charge is 0.490 e. The third-order valence-electron chi connectivity index (χ3n) is 2.04. The van der Waals surface area contributed by atoms with Crippen molar-refractivity contribution in [2.24, 2.45) is 0 Å². The molecule has 0 atom stereocenters. The highest BCUT2D eigenvalue weighted by molar-refractivity contribution is 5.46. The number of hydrogen-bond donors (Lipinski definition) is 1. The van der Waals surface area contributed by atoms with Crippen molar-refractivity contribution in [3.63, 3.8) is 0 Å². The van der Waals surface area contributed by atoms with Crippen molar-refractivity contribution in [1.29, 1.82) is 0 Å². The molecule has 0 saturated heterocycles. The molecule has 0 aliphatic carbocycles. The second-order valence-electron chi connectivity index (χ2n) is 3.87. The zero-order valence-corrected chi connectivity index (χ0v) is 10.6. The van der Waals surface area contributed by atoms with E-state index in [1.54, 1.807) is 0 Å². The van der Waals surface area contributed by atoms with Gasteiger partial charge in [-0.2, -0.15) is 0 Å². The molecule has 0 heterocycles. The Kier molecular flexibility index (Phi) is 6.20. The molecule has 0 aliphatic heterocycles. The summed E-state index contributed by atoms with van der Waals surface area (Å²) >= 11 is 0.